The van der Waals surface area contributed by atoms with E-state index < -0.39 is 0 Å². The number of likely N-dealkylation sites (tertiary alicyclic amines) is 2. The van der Waals surface area contributed by atoms with Crippen LogP contribution in [0.1, 0.15) is 44.0 Å². The molecule has 2 fully saturated rings. The van der Waals surface area contributed by atoms with E-state index in [1.165, 1.54) is 0 Å². The van der Waals surface area contributed by atoms with E-state index in [1.807, 2.05) is 25.1 Å². The lowest BCUT2D eigenvalue weighted by atomic mass is 9.78. The van der Waals surface area contributed by atoms with E-state index in [1.54, 1.807) is 10.5 Å². The number of rotatable bonds is 4. The molecule has 6 heteroatoms. The van der Waals surface area contributed by atoms with Gasteiger partial charge < -0.3 is 4.90 Å². The summed E-state index contributed by atoms with van der Waals surface area (Å²) in [5.74, 6) is 0.334. The summed E-state index contributed by atoms with van der Waals surface area (Å²) >= 11 is 0. The molecule has 1 atom stereocenters. The molecule has 4 rings (SSSR count). The number of hydrogen-bond donors (Lipinski definition) is 0. The van der Waals surface area contributed by atoms with Crippen molar-refractivity contribution in [2.75, 3.05) is 26.2 Å². The number of fused-ring (bicyclic) bond motifs is 1. The van der Waals surface area contributed by atoms with Gasteiger partial charge in [0, 0.05) is 37.9 Å². The van der Waals surface area contributed by atoms with Crippen LogP contribution < -0.4 is 5.56 Å². The van der Waals surface area contributed by atoms with Gasteiger partial charge in [0.05, 0.1) is 11.1 Å². The molecule has 1 unspecified atom stereocenters. The standard InChI is InChI=1S/C21H28N4O2/c1-3-10-24-11-5-8-21(20(24)27)9-12-23(15-21)14-17-13-19(26)25-16(2)6-4-7-18(25)22-17/h4,6-7,13H,3,5,8-12,14-15H2,1-2H3. The Morgan fingerprint density at radius 3 is 2.85 bits per heavy atom. The zero-order chi connectivity index (χ0) is 19.0. The first-order valence-corrected chi connectivity index (χ1v) is 10.0. The maximum Gasteiger partial charge on any atom is 0.258 e. The van der Waals surface area contributed by atoms with E-state index in [4.69, 9.17) is 0 Å². The van der Waals surface area contributed by atoms with Crippen LogP contribution in [0.15, 0.2) is 29.1 Å². The molecule has 2 aromatic rings. The van der Waals surface area contributed by atoms with Gasteiger partial charge in [-0.05, 0) is 51.3 Å². The van der Waals surface area contributed by atoms with Crippen molar-refractivity contribution < 1.29 is 4.79 Å². The molecule has 144 valence electrons. The number of piperidine rings is 1. The van der Waals surface area contributed by atoms with Crippen molar-refractivity contribution in [2.45, 2.75) is 46.1 Å². The monoisotopic (exact) mass is 368 g/mol. The van der Waals surface area contributed by atoms with Crippen LogP contribution in [0.25, 0.3) is 5.65 Å². The van der Waals surface area contributed by atoms with Gasteiger partial charge in [-0.2, -0.15) is 0 Å². The molecule has 0 aliphatic carbocycles. The highest BCUT2D eigenvalue weighted by atomic mass is 16.2. The summed E-state index contributed by atoms with van der Waals surface area (Å²) in [5, 5.41) is 0. The number of aryl methyl sites for hydroxylation is 1. The van der Waals surface area contributed by atoms with Crippen molar-refractivity contribution in [2.24, 2.45) is 5.41 Å². The first kappa shape index (κ1) is 18.2. The molecule has 0 aromatic carbocycles. The third-order valence-corrected chi connectivity index (χ3v) is 6.07. The van der Waals surface area contributed by atoms with E-state index in [0.29, 0.717) is 18.1 Å². The fourth-order valence-electron chi connectivity index (χ4n) is 4.78. The zero-order valence-electron chi connectivity index (χ0n) is 16.3. The molecule has 2 saturated heterocycles. The Balaban J connectivity index is 1.53. The van der Waals surface area contributed by atoms with Crippen LogP contribution in [-0.2, 0) is 11.3 Å². The fraction of sp³-hybridized carbons (Fsp3) is 0.571. The van der Waals surface area contributed by atoms with Gasteiger partial charge in [0.15, 0.2) is 0 Å². The number of hydrogen-bond acceptors (Lipinski definition) is 4. The average Bonchev–Trinajstić information content (AvgIpc) is 3.02. The lowest BCUT2D eigenvalue weighted by Gasteiger charge is -2.39. The van der Waals surface area contributed by atoms with Crippen molar-refractivity contribution in [3.63, 3.8) is 0 Å². The molecule has 2 aliphatic heterocycles. The Kier molecular flexibility index (Phi) is 4.76. The molecule has 0 N–H and O–H groups in total. The predicted molar refractivity (Wildman–Crippen MR) is 105 cm³/mol. The summed E-state index contributed by atoms with van der Waals surface area (Å²) in [4.78, 5) is 34.6. The van der Waals surface area contributed by atoms with Crippen LogP contribution in [0.2, 0.25) is 0 Å². The van der Waals surface area contributed by atoms with Crippen LogP contribution in [0.3, 0.4) is 0 Å². The second kappa shape index (κ2) is 7.08. The second-order valence-electron chi connectivity index (χ2n) is 8.08. The number of aromatic nitrogens is 2. The van der Waals surface area contributed by atoms with Crippen molar-refractivity contribution in [1.82, 2.24) is 19.2 Å². The molecule has 1 amide bonds. The summed E-state index contributed by atoms with van der Waals surface area (Å²) in [6, 6.07) is 7.35. The maximum absolute atomic E-state index is 13.0. The van der Waals surface area contributed by atoms with Crippen LogP contribution in [0, 0.1) is 12.3 Å². The molecular formula is C21H28N4O2. The summed E-state index contributed by atoms with van der Waals surface area (Å²) < 4.78 is 1.64. The number of pyridine rings is 1. The minimum absolute atomic E-state index is 0.0372. The molecule has 6 nitrogen and oxygen atoms in total. The average molecular weight is 368 g/mol. The van der Waals surface area contributed by atoms with Crippen molar-refractivity contribution in [3.8, 4) is 0 Å². The van der Waals surface area contributed by atoms with E-state index in [0.717, 1.165) is 63.3 Å². The molecule has 0 saturated carbocycles. The minimum atomic E-state index is -0.226. The number of nitrogens with zero attached hydrogens (tertiary/aromatic N) is 4. The predicted octanol–water partition coefficient (Wildman–Crippen LogP) is 2.23. The smallest absolute Gasteiger partial charge is 0.258 e. The van der Waals surface area contributed by atoms with E-state index >= 15 is 0 Å². The van der Waals surface area contributed by atoms with Gasteiger partial charge in [-0.1, -0.05) is 13.0 Å². The lowest BCUT2D eigenvalue weighted by Crippen LogP contribution is -2.50. The van der Waals surface area contributed by atoms with Crippen LogP contribution >= 0.6 is 0 Å². The topological polar surface area (TPSA) is 57.9 Å². The number of carbonyl (C=O) groups is 1. The van der Waals surface area contributed by atoms with E-state index in [2.05, 4.69) is 21.7 Å². The largest absolute Gasteiger partial charge is 0.342 e. The Labute approximate surface area is 159 Å². The Morgan fingerprint density at radius 2 is 2.04 bits per heavy atom. The van der Waals surface area contributed by atoms with Crippen molar-refractivity contribution >= 4 is 11.6 Å². The Morgan fingerprint density at radius 1 is 1.19 bits per heavy atom. The maximum atomic E-state index is 13.0. The van der Waals surface area contributed by atoms with Gasteiger partial charge in [-0.3, -0.25) is 18.9 Å². The van der Waals surface area contributed by atoms with Gasteiger partial charge >= 0.3 is 0 Å². The quantitative estimate of drug-likeness (QED) is 0.830. The first-order chi connectivity index (χ1) is 13.0. The Bertz CT molecular complexity index is 920. The highest BCUT2D eigenvalue weighted by Crippen LogP contribution is 2.40. The number of carbonyl (C=O) groups excluding carboxylic acids is 1. The first-order valence-electron chi connectivity index (χ1n) is 10.0. The summed E-state index contributed by atoms with van der Waals surface area (Å²) in [6.07, 6.45) is 4.00. The lowest BCUT2D eigenvalue weighted by molar-refractivity contribution is -0.145. The summed E-state index contributed by atoms with van der Waals surface area (Å²) in [6.45, 7) is 8.10. The highest BCUT2D eigenvalue weighted by Gasteiger charge is 2.47. The van der Waals surface area contributed by atoms with Crippen molar-refractivity contribution in [1.29, 1.82) is 0 Å². The van der Waals surface area contributed by atoms with Crippen molar-refractivity contribution in [3.05, 3.63) is 46.0 Å². The Hall–Kier alpha value is -2.21. The van der Waals surface area contributed by atoms with E-state index in [-0.39, 0.29) is 11.0 Å². The second-order valence-corrected chi connectivity index (χ2v) is 8.08. The highest BCUT2D eigenvalue weighted by molar-refractivity contribution is 5.84. The van der Waals surface area contributed by atoms with Gasteiger partial charge in [0.1, 0.15) is 5.65 Å². The van der Waals surface area contributed by atoms with Crippen LogP contribution in [-0.4, -0.2) is 51.3 Å². The zero-order valence-corrected chi connectivity index (χ0v) is 16.3. The number of amides is 1. The SMILES string of the molecule is CCCN1CCCC2(CCN(Cc3cc(=O)n4c(C)cccc4n3)C2)C1=O. The summed E-state index contributed by atoms with van der Waals surface area (Å²) in [7, 11) is 0. The third kappa shape index (κ3) is 3.27. The van der Waals surface area contributed by atoms with Gasteiger partial charge in [0.2, 0.25) is 5.91 Å². The third-order valence-electron chi connectivity index (χ3n) is 6.07. The van der Waals surface area contributed by atoms with Crippen LogP contribution in [0.5, 0.6) is 0 Å². The molecule has 0 radical (unpaired) electrons. The van der Waals surface area contributed by atoms with E-state index in [9.17, 15) is 9.59 Å². The molecule has 27 heavy (non-hydrogen) atoms. The molecule has 2 aromatic heterocycles. The molecular weight excluding hydrogens is 340 g/mol. The van der Waals surface area contributed by atoms with Gasteiger partial charge in [-0.25, -0.2) is 4.98 Å². The normalized spacial score (nSPS) is 23.6. The molecule has 2 aliphatic rings. The van der Waals surface area contributed by atoms with Crippen LogP contribution in [0.4, 0.5) is 0 Å². The minimum Gasteiger partial charge on any atom is -0.342 e. The van der Waals surface area contributed by atoms with Gasteiger partial charge in [0.25, 0.3) is 5.56 Å². The molecule has 1 spiro atoms. The fourth-order valence-corrected chi connectivity index (χ4v) is 4.78. The summed E-state index contributed by atoms with van der Waals surface area (Å²) in [5.41, 5.74) is 2.10. The molecule has 0 bridgehead atoms. The van der Waals surface area contributed by atoms with Gasteiger partial charge in [-0.15, -0.1) is 0 Å². The molecule has 4 heterocycles.